The molecule has 3 aromatic rings. The van der Waals surface area contributed by atoms with E-state index in [9.17, 15) is 9.59 Å². The van der Waals surface area contributed by atoms with E-state index in [1.165, 1.54) is 6.21 Å². The third-order valence-corrected chi connectivity index (χ3v) is 6.68. The summed E-state index contributed by atoms with van der Waals surface area (Å²) in [4.78, 5) is 25.3. The number of amides is 1. The minimum absolute atomic E-state index is 0.223. The van der Waals surface area contributed by atoms with Gasteiger partial charge in [0.1, 0.15) is 12.4 Å². The zero-order valence-corrected chi connectivity index (χ0v) is 25.4. The number of rotatable bonds is 12. The molecule has 1 heterocycles. The summed E-state index contributed by atoms with van der Waals surface area (Å²) in [7, 11) is 1.54. The number of thiocarbonyl (C=S) groups is 1. The highest BCUT2D eigenvalue weighted by atomic mass is 35.5. The second kappa shape index (κ2) is 15.0. The summed E-state index contributed by atoms with van der Waals surface area (Å²) in [6.45, 7) is 3.71. The number of hydrogen-bond donors (Lipinski definition) is 3. The molecule has 0 fully saturated rings. The van der Waals surface area contributed by atoms with Gasteiger partial charge in [0.25, 0.3) is 5.91 Å². The van der Waals surface area contributed by atoms with Gasteiger partial charge in [-0.25, -0.2) is 10.2 Å². The van der Waals surface area contributed by atoms with Crippen molar-refractivity contribution in [3.05, 3.63) is 99.7 Å². The second-order valence-corrected chi connectivity index (χ2v) is 10.1. The number of carbonyl (C=O) groups excluding carboxylic acids is 2. The molecule has 4 rings (SSSR count). The third kappa shape index (κ3) is 8.46. The van der Waals surface area contributed by atoms with Gasteiger partial charge in [-0.15, -0.1) is 0 Å². The second-order valence-electron chi connectivity index (χ2n) is 9.24. The Morgan fingerprint density at radius 3 is 2.63 bits per heavy atom. The largest absolute Gasteiger partial charge is 0.493 e. The van der Waals surface area contributed by atoms with Gasteiger partial charge >= 0.3 is 5.97 Å². The Morgan fingerprint density at radius 1 is 1.05 bits per heavy atom. The molecule has 224 valence electrons. The van der Waals surface area contributed by atoms with Crippen LogP contribution in [0.5, 0.6) is 17.2 Å². The topological polar surface area (TPSA) is 120 Å². The molecule has 0 aliphatic carbocycles. The molecule has 0 aromatic heterocycles. The molecule has 3 aromatic carbocycles. The van der Waals surface area contributed by atoms with E-state index in [0.717, 1.165) is 5.56 Å². The number of carbonyl (C=O) groups is 2. The zero-order chi connectivity index (χ0) is 30.8. The lowest BCUT2D eigenvalue weighted by molar-refractivity contribution is -0.139. The number of hydrogen-bond acceptors (Lipinski definition) is 8. The van der Waals surface area contributed by atoms with Crippen LogP contribution in [-0.2, 0) is 20.9 Å². The summed E-state index contributed by atoms with van der Waals surface area (Å²) < 4.78 is 22.4. The van der Waals surface area contributed by atoms with Crippen molar-refractivity contribution in [2.24, 2.45) is 5.10 Å². The van der Waals surface area contributed by atoms with Crippen molar-refractivity contribution in [1.29, 1.82) is 0 Å². The van der Waals surface area contributed by atoms with E-state index in [0.29, 0.717) is 56.4 Å². The lowest BCUT2D eigenvalue weighted by Gasteiger charge is -2.30. The summed E-state index contributed by atoms with van der Waals surface area (Å²) in [5, 5.41) is 11.1. The number of ether oxygens (including phenoxy) is 4. The lowest BCUT2D eigenvalue weighted by atomic mass is 9.95. The van der Waals surface area contributed by atoms with Crippen molar-refractivity contribution in [2.45, 2.75) is 26.5 Å². The van der Waals surface area contributed by atoms with E-state index in [1.54, 1.807) is 69.5 Å². The standard InChI is InChI=1S/C31H31ClN4O6S/c1-4-40-30(38)28-19(2)34-31(43)35-29(28)23-10-5-6-11-24(23)42-18-27(37)36-33-16-20-12-13-25(26(15-20)39-3)41-17-21-8-7-9-22(32)14-21/h5-16,29H,4,17-18H2,1-3H3,(H,36,37)(H2,34,35,43)/t29-/m0/s1. The van der Waals surface area contributed by atoms with Crippen LogP contribution in [0.3, 0.4) is 0 Å². The van der Waals surface area contributed by atoms with Gasteiger partial charge in [-0.2, -0.15) is 5.10 Å². The van der Waals surface area contributed by atoms with E-state index in [-0.39, 0.29) is 13.2 Å². The molecular weight excluding hydrogens is 592 g/mol. The van der Waals surface area contributed by atoms with Crippen LogP contribution in [0, 0.1) is 0 Å². The summed E-state index contributed by atoms with van der Waals surface area (Å²) in [6, 6.07) is 19.1. The van der Waals surface area contributed by atoms with E-state index in [4.69, 9.17) is 42.8 Å². The number of esters is 1. The fourth-order valence-electron chi connectivity index (χ4n) is 4.28. The van der Waals surface area contributed by atoms with Crippen LogP contribution in [0.1, 0.15) is 36.6 Å². The molecule has 1 aliphatic heterocycles. The Labute approximate surface area is 260 Å². The molecule has 3 N–H and O–H groups in total. The minimum Gasteiger partial charge on any atom is -0.493 e. The number of nitrogens with one attached hydrogen (secondary N) is 3. The summed E-state index contributed by atoms with van der Waals surface area (Å²) in [5.74, 6) is 0.500. The SMILES string of the molecule is CCOC(=O)C1=C(C)NC(=S)N[C@H]1c1ccccc1OCC(=O)NN=Cc1ccc(OCc2cccc(Cl)c2)c(OC)c1. The van der Waals surface area contributed by atoms with Gasteiger partial charge in [0.15, 0.2) is 23.2 Å². The van der Waals surface area contributed by atoms with Crippen molar-refractivity contribution in [3.63, 3.8) is 0 Å². The van der Waals surface area contributed by atoms with Gasteiger partial charge in [-0.3, -0.25) is 4.79 Å². The number of halogens is 1. The molecule has 12 heteroatoms. The molecule has 1 amide bonds. The predicted octanol–water partition coefficient (Wildman–Crippen LogP) is 4.81. The van der Waals surface area contributed by atoms with Gasteiger partial charge in [0.05, 0.1) is 31.5 Å². The highest BCUT2D eigenvalue weighted by Gasteiger charge is 2.32. The van der Waals surface area contributed by atoms with Gasteiger partial charge < -0.3 is 29.6 Å². The molecule has 1 atom stereocenters. The summed E-state index contributed by atoms with van der Waals surface area (Å²) in [5.41, 5.74) is 5.63. The molecule has 43 heavy (non-hydrogen) atoms. The summed E-state index contributed by atoms with van der Waals surface area (Å²) >= 11 is 11.4. The van der Waals surface area contributed by atoms with Crippen molar-refractivity contribution < 1.29 is 28.5 Å². The van der Waals surface area contributed by atoms with Crippen molar-refractivity contribution >= 4 is 47.0 Å². The molecule has 10 nitrogen and oxygen atoms in total. The fraction of sp³-hybridized carbons (Fsp3) is 0.226. The molecule has 1 aliphatic rings. The fourth-order valence-corrected chi connectivity index (χ4v) is 4.77. The van der Waals surface area contributed by atoms with E-state index in [2.05, 4.69) is 21.2 Å². The van der Waals surface area contributed by atoms with Crippen LogP contribution < -0.4 is 30.3 Å². The number of hydrazone groups is 1. The first kappa shape index (κ1) is 31.3. The van der Waals surface area contributed by atoms with Crippen LogP contribution in [0.25, 0.3) is 0 Å². The van der Waals surface area contributed by atoms with Crippen molar-refractivity contribution in [3.8, 4) is 17.2 Å². The summed E-state index contributed by atoms with van der Waals surface area (Å²) in [6.07, 6.45) is 1.48. The zero-order valence-electron chi connectivity index (χ0n) is 23.8. The molecular formula is C31H31ClN4O6S. The van der Waals surface area contributed by atoms with Crippen LogP contribution in [0.2, 0.25) is 5.02 Å². The van der Waals surface area contributed by atoms with Gasteiger partial charge in [0.2, 0.25) is 0 Å². The average Bonchev–Trinajstić information content (AvgIpc) is 2.99. The third-order valence-electron chi connectivity index (χ3n) is 6.23. The first-order valence-electron chi connectivity index (χ1n) is 13.3. The normalized spacial score (nSPS) is 14.5. The maximum atomic E-state index is 12.7. The van der Waals surface area contributed by atoms with Crippen molar-refractivity contribution in [2.75, 3.05) is 20.3 Å². The van der Waals surface area contributed by atoms with E-state index >= 15 is 0 Å². The minimum atomic E-state index is -0.627. The Bertz CT molecular complexity index is 1560. The first-order valence-corrected chi connectivity index (χ1v) is 14.1. The van der Waals surface area contributed by atoms with Crippen LogP contribution in [0.15, 0.2) is 83.1 Å². The number of benzene rings is 3. The Hall–Kier alpha value is -4.61. The lowest BCUT2D eigenvalue weighted by Crippen LogP contribution is -2.45. The van der Waals surface area contributed by atoms with Gasteiger partial charge in [-0.05, 0) is 73.6 Å². The average molecular weight is 623 g/mol. The molecule has 0 saturated heterocycles. The highest BCUT2D eigenvalue weighted by Crippen LogP contribution is 2.33. The molecule has 0 saturated carbocycles. The number of methoxy groups -OCH3 is 1. The molecule has 0 spiro atoms. The first-order chi connectivity index (χ1) is 20.8. The number of allylic oxidation sites excluding steroid dienone is 1. The van der Waals surface area contributed by atoms with Gasteiger partial charge in [0, 0.05) is 16.3 Å². The Balaban J connectivity index is 1.37. The number of nitrogens with zero attached hydrogens (tertiary/aromatic N) is 1. The van der Waals surface area contributed by atoms with Gasteiger partial charge in [-0.1, -0.05) is 41.9 Å². The van der Waals surface area contributed by atoms with Crippen LogP contribution in [-0.4, -0.2) is 43.5 Å². The van der Waals surface area contributed by atoms with Crippen LogP contribution >= 0.6 is 23.8 Å². The predicted molar refractivity (Wildman–Crippen MR) is 167 cm³/mol. The van der Waals surface area contributed by atoms with E-state index in [1.807, 2.05) is 18.2 Å². The smallest absolute Gasteiger partial charge is 0.338 e. The molecule has 0 unspecified atom stereocenters. The Kier molecular flexibility index (Phi) is 11.0. The maximum Gasteiger partial charge on any atom is 0.338 e. The van der Waals surface area contributed by atoms with E-state index < -0.39 is 17.9 Å². The highest BCUT2D eigenvalue weighted by molar-refractivity contribution is 7.80. The van der Waals surface area contributed by atoms with Crippen LogP contribution in [0.4, 0.5) is 0 Å². The quantitative estimate of drug-likeness (QED) is 0.113. The monoisotopic (exact) mass is 622 g/mol. The molecule has 0 radical (unpaired) electrons. The number of para-hydroxylation sites is 1. The Morgan fingerprint density at radius 2 is 1.86 bits per heavy atom. The van der Waals surface area contributed by atoms with Crippen molar-refractivity contribution in [1.82, 2.24) is 16.1 Å². The maximum absolute atomic E-state index is 12.7. The molecule has 0 bridgehead atoms.